The summed E-state index contributed by atoms with van der Waals surface area (Å²) in [6.07, 6.45) is 5.66. The second kappa shape index (κ2) is 3.48. The van der Waals surface area contributed by atoms with Gasteiger partial charge in [-0.3, -0.25) is 0 Å². The average Bonchev–Trinajstić information content (AvgIpc) is 2.71. The van der Waals surface area contributed by atoms with Crippen molar-refractivity contribution in [3.05, 3.63) is 12.4 Å². The zero-order valence-electron chi connectivity index (χ0n) is 7.40. The van der Waals surface area contributed by atoms with Gasteiger partial charge in [-0.25, -0.2) is 4.98 Å². The Bertz CT molecular complexity index is 298. The standard InChI is InChI=1S/C9H12N4/c10-6-8-2-1-5-13(7-8)9-11-3-4-12-9/h3-4,8H,1-2,5,7H2,(H,11,12). The first-order valence-corrected chi connectivity index (χ1v) is 4.54. The fourth-order valence-electron chi connectivity index (χ4n) is 1.70. The maximum atomic E-state index is 8.80. The van der Waals surface area contributed by atoms with Crippen molar-refractivity contribution in [2.24, 2.45) is 5.92 Å². The molecule has 0 aliphatic carbocycles. The van der Waals surface area contributed by atoms with E-state index in [9.17, 15) is 0 Å². The van der Waals surface area contributed by atoms with Gasteiger partial charge < -0.3 is 9.88 Å². The Hall–Kier alpha value is -1.50. The topological polar surface area (TPSA) is 55.7 Å². The van der Waals surface area contributed by atoms with Crippen molar-refractivity contribution < 1.29 is 0 Å². The summed E-state index contributed by atoms with van der Waals surface area (Å²) in [6, 6.07) is 2.31. The number of rotatable bonds is 1. The molecule has 1 atom stereocenters. The molecule has 2 heterocycles. The number of piperidine rings is 1. The smallest absolute Gasteiger partial charge is 0.202 e. The lowest BCUT2D eigenvalue weighted by Crippen LogP contribution is -2.35. The van der Waals surface area contributed by atoms with Crippen LogP contribution in [0.3, 0.4) is 0 Å². The Morgan fingerprint density at radius 2 is 2.62 bits per heavy atom. The molecule has 1 saturated heterocycles. The molecule has 4 nitrogen and oxygen atoms in total. The minimum Gasteiger partial charge on any atom is -0.341 e. The average molecular weight is 176 g/mol. The highest BCUT2D eigenvalue weighted by molar-refractivity contribution is 5.30. The van der Waals surface area contributed by atoms with Crippen LogP contribution in [0.25, 0.3) is 0 Å². The Kier molecular flexibility index (Phi) is 2.17. The van der Waals surface area contributed by atoms with E-state index in [4.69, 9.17) is 5.26 Å². The number of H-pyrrole nitrogens is 1. The van der Waals surface area contributed by atoms with Gasteiger partial charge in [0.2, 0.25) is 5.95 Å². The second-order valence-corrected chi connectivity index (χ2v) is 3.33. The molecule has 1 aliphatic rings. The van der Waals surface area contributed by atoms with E-state index >= 15 is 0 Å². The van der Waals surface area contributed by atoms with E-state index in [1.807, 2.05) is 6.20 Å². The Balaban J connectivity index is 2.05. The van der Waals surface area contributed by atoms with E-state index in [1.54, 1.807) is 6.20 Å². The number of anilines is 1. The van der Waals surface area contributed by atoms with E-state index in [2.05, 4.69) is 20.9 Å². The number of aromatic amines is 1. The third-order valence-electron chi connectivity index (χ3n) is 2.39. The van der Waals surface area contributed by atoms with Gasteiger partial charge in [-0.1, -0.05) is 0 Å². The van der Waals surface area contributed by atoms with Crippen LogP contribution >= 0.6 is 0 Å². The van der Waals surface area contributed by atoms with Gasteiger partial charge in [0.05, 0.1) is 12.0 Å². The molecule has 0 radical (unpaired) electrons. The molecule has 1 unspecified atom stereocenters. The monoisotopic (exact) mass is 176 g/mol. The lowest BCUT2D eigenvalue weighted by Gasteiger charge is -2.28. The van der Waals surface area contributed by atoms with E-state index in [-0.39, 0.29) is 5.92 Å². The van der Waals surface area contributed by atoms with Crippen LogP contribution in [0.5, 0.6) is 0 Å². The van der Waals surface area contributed by atoms with E-state index in [0.29, 0.717) is 0 Å². The molecular formula is C9H12N4. The quantitative estimate of drug-likeness (QED) is 0.698. The molecule has 1 aromatic rings. The maximum absolute atomic E-state index is 8.80. The first-order valence-electron chi connectivity index (χ1n) is 4.54. The molecule has 1 aliphatic heterocycles. The van der Waals surface area contributed by atoms with Gasteiger partial charge in [0.1, 0.15) is 0 Å². The highest BCUT2D eigenvalue weighted by Crippen LogP contribution is 2.19. The van der Waals surface area contributed by atoms with E-state index in [0.717, 1.165) is 31.9 Å². The zero-order chi connectivity index (χ0) is 9.10. The summed E-state index contributed by atoms with van der Waals surface area (Å²) < 4.78 is 0. The summed E-state index contributed by atoms with van der Waals surface area (Å²) in [7, 11) is 0. The fourth-order valence-corrected chi connectivity index (χ4v) is 1.70. The maximum Gasteiger partial charge on any atom is 0.202 e. The van der Waals surface area contributed by atoms with Gasteiger partial charge in [-0.15, -0.1) is 0 Å². The highest BCUT2D eigenvalue weighted by atomic mass is 15.3. The van der Waals surface area contributed by atoms with Crippen molar-refractivity contribution in [1.82, 2.24) is 9.97 Å². The van der Waals surface area contributed by atoms with Gasteiger partial charge in [-0.05, 0) is 12.8 Å². The van der Waals surface area contributed by atoms with Crippen molar-refractivity contribution in [2.75, 3.05) is 18.0 Å². The first-order chi connectivity index (χ1) is 6.40. The number of aromatic nitrogens is 2. The van der Waals surface area contributed by atoms with Crippen molar-refractivity contribution in [2.45, 2.75) is 12.8 Å². The summed E-state index contributed by atoms with van der Waals surface area (Å²) in [6.45, 7) is 1.82. The number of nitriles is 1. The summed E-state index contributed by atoms with van der Waals surface area (Å²) in [5.41, 5.74) is 0. The largest absolute Gasteiger partial charge is 0.341 e. The molecule has 0 aromatic carbocycles. The summed E-state index contributed by atoms with van der Waals surface area (Å²) in [4.78, 5) is 9.36. The second-order valence-electron chi connectivity index (χ2n) is 3.33. The van der Waals surface area contributed by atoms with E-state index in [1.165, 1.54) is 0 Å². The summed E-state index contributed by atoms with van der Waals surface area (Å²) >= 11 is 0. The van der Waals surface area contributed by atoms with Crippen LogP contribution in [0.1, 0.15) is 12.8 Å². The molecule has 2 rings (SSSR count). The Labute approximate surface area is 77.2 Å². The predicted molar refractivity (Wildman–Crippen MR) is 49.1 cm³/mol. The lowest BCUT2D eigenvalue weighted by atomic mass is 10.0. The number of hydrogen-bond acceptors (Lipinski definition) is 3. The first kappa shape index (κ1) is 8.11. The minimum absolute atomic E-state index is 0.166. The van der Waals surface area contributed by atoms with Crippen molar-refractivity contribution >= 4 is 5.95 Å². The highest BCUT2D eigenvalue weighted by Gasteiger charge is 2.20. The van der Waals surface area contributed by atoms with Crippen LogP contribution in [-0.2, 0) is 0 Å². The number of hydrogen-bond donors (Lipinski definition) is 1. The molecule has 0 amide bonds. The van der Waals surface area contributed by atoms with Gasteiger partial charge in [-0.2, -0.15) is 5.26 Å². The molecule has 1 N–H and O–H groups in total. The fraction of sp³-hybridized carbons (Fsp3) is 0.556. The molecule has 4 heteroatoms. The molecular weight excluding hydrogens is 164 g/mol. The molecule has 1 aromatic heterocycles. The predicted octanol–water partition coefficient (Wildman–Crippen LogP) is 1.15. The summed E-state index contributed by atoms with van der Waals surface area (Å²) in [5, 5.41) is 8.80. The van der Waals surface area contributed by atoms with Crippen LogP contribution in [0.2, 0.25) is 0 Å². The Morgan fingerprint density at radius 3 is 3.31 bits per heavy atom. The third kappa shape index (κ3) is 1.64. The molecule has 68 valence electrons. The number of nitrogens with zero attached hydrogens (tertiary/aromatic N) is 3. The van der Waals surface area contributed by atoms with Crippen molar-refractivity contribution in [1.29, 1.82) is 5.26 Å². The van der Waals surface area contributed by atoms with Gasteiger partial charge in [0.15, 0.2) is 0 Å². The van der Waals surface area contributed by atoms with Gasteiger partial charge in [0, 0.05) is 25.5 Å². The van der Waals surface area contributed by atoms with Crippen LogP contribution in [0.15, 0.2) is 12.4 Å². The van der Waals surface area contributed by atoms with Crippen LogP contribution in [-0.4, -0.2) is 23.1 Å². The number of imidazole rings is 1. The van der Waals surface area contributed by atoms with Crippen molar-refractivity contribution in [3.63, 3.8) is 0 Å². The molecule has 0 bridgehead atoms. The molecule has 13 heavy (non-hydrogen) atoms. The van der Waals surface area contributed by atoms with Gasteiger partial charge >= 0.3 is 0 Å². The molecule has 0 saturated carbocycles. The number of nitrogens with one attached hydrogen (secondary N) is 1. The molecule has 0 spiro atoms. The van der Waals surface area contributed by atoms with Crippen LogP contribution in [0.4, 0.5) is 5.95 Å². The Morgan fingerprint density at radius 1 is 1.69 bits per heavy atom. The third-order valence-corrected chi connectivity index (χ3v) is 2.39. The zero-order valence-corrected chi connectivity index (χ0v) is 7.40. The lowest BCUT2D eigenvalue weighted by molar-refractivity contribution is 0.488. The van der Waals surface area contributed by atoms with Crippen molar-refractivity contribution in [3.8, 4) is 6.07 Å². The van der Waals surface area contributed by atoms with E-state index < -0.39 is 0 Å². The molecule has 1 fully saturated rings. The van der Waals surface area contributed by atoms with Gasteiger partial charge in [0.25, 0.3) is 0 Å². The summed E-state index contributed by atoms with van der Waals surface area (Å²) in [5.74, 6) is 1.05. The van der Waals surface area contributed by atoms with Crippen LogP contribution < -0.4 is 4.90 Å². The SMILES string of the molecule is N#CC1CCCN(c2ncc[nH]2)C1. The minimum atomic E-state index is 0.166. The normalized spacial score (nSPS) is 22.7. The van der Waals surface area contributed by atoms with Crippen LogP contribution in [0, 0.1) is 17.2 Å².